The number of nitrogens with one attached hydrogen (secondary N) is 1. The van der Waals surface area contributed by atoms with Crippen molar-refractivity contribution in [3.63, 3.8) is 0 Å². The van der Waals surface area contributed by atoms with Crippen LogP contribution in [-0.4, -0.2) is 40.1 Å². The van der Waals surface area contributed by atoms with E-state index in [1.54, 1.807) is 6.92 Å². The van der Waals surface area contributed by atoms with Gasteiger partial charge in [0.1, 0.15) is 6.04 Å². The molecule has 21 heavy (non-hydrogen) atoms. The largest absolute Gasteiger partial charge is 0.465 e. The number of methoxy groups -OCH3 is 1. The number of ether oxygens (including phenoxy) is 2. The van der Waals surface area contributed by atoms with Crippen molar-refractivity contribution < 1.29 is 27.5 Å². The summed E-state index contributed by atoms with van der Waals surface area (Å²) >= 11 is 0. The Labute approximate surface area is 123 Å². The molecular formula is C13H17NO6S. The van der Waals surface area contributed by atoms with E-state index in [2.05, 4.69) is 9.46 Å². The highest BCUT2D eigenvalue weighted by Crippen LogP contribution is 2.12. The minimum atomic E-state index is -3.87. The van der Waals surface area contributed by atoms with Crippen LogP contribution >= 0.6 is 0 Å². The number of benzene rings is 1. The first-order valence-corrected chi connectivity index (χ1v) is 7.67. The van der Waals surface area contributed by atoms with Crippen molar-refractivity contribution in [1.29, 1.82) is 0 Å². The van der Waals surface area contributed by atoms with Gasteiger partial charge in [-0.3, -0.25) is 4.79 Å². The van der Waals surface area contributed by atoms with Gasteiger partial charge >= 0.3 is 11.9 Å². The Bertz CT molecular complexity index is 608. The zero-order valence-electron chi connectivity index (χ0n) is 12.0. The van der Waals surface area contributed by atoms with E-state index in [1.807, 2.05) is 0 Å². The Morgan fingerprint density at radius 3 is 2.29 bits per heavy atom. The van der Waals surface area contributed by atoms with Gasteiger partial charge in [0.15, 0.2) is 0 Å². The molecule has 0 saturated heterocycles. The lowest BCUT2D eigenvalue weighted by Crippen LogP contribution is -2.39. The quantitative estimate of drug-likeness (QED) is 0.776. The molecule has 0 aromatic heterocycles. The van der Waals surface area contributed by atoms with Crippen molar-refractivity contribution >= 4 is 22.0 Å². The second-order valence-electron chi connectivity index (χ2n) is 4.11. The molecule has 1 N–H and O–H groups in total. The molecular weight excluding hydrogens is 298 g/mol. The number of carbonyl (C=O) groups is 2. The van der Waals surface area contributed by atoms with Crippen molar-refractivity contribution in [2.45, 2.75) is 24.8 Å². The van der Waals surface area contributed by atoms with Crippen LogP contribution in [0.2, 0.25) is 0 Å². The SMILES string of the molecule is CCOC(=O)C(C)NS(=O)(=O)c1ccc(C(=O)OC)cc1. The van der Waals surface area contributed by atoms with Crippen LogP contribution in [0.3, 0.4) is 0 Å². The molecule has 8 heteroatoms. The summed E-state index contributed by atoms with van der Waals surface area (Å²) in [5.74, 6) is -1.22. The fourth-order valence-electron chi connectivity index (χ4n) is 1.50. The molecule has 0 aliphatic carbocycles. The lowest BCUT2D eigenvalue weighted by atomic mass is 10.2. The molecule has 1 aromatic rings. The fraction of sp³-hybridized carbons (Fsp3) is 0.385. The number of sulfonamides is 1. The van der Waals surface area contributed by atoms with Crippen LogP contribution in [0.1, 0.15) is 24.2 Å². The highest BCUT2D eigenvalue weighted by molar-refractivity contribution is 7.89. The van der Waals surface area contributed by atoms with Gasteiger partial charge in [-0.25, -0.2) is 13.2 Å². The normalized spacial score (nSPS) is 12.5. The van der Waals surface area contributed by atoms with Gasteiger partial charge in [0.05, 0.1) is 24.2 Å². The minimum absolute atomic E-state index is 0.0636. The van der Waals surface area contributed by atoms with E-state index in [-0.39, 0.29) is 17.1 Å². The molecule has 0 radical (unpaired) electrons. The summed E-state index contributed by atoms with van der Waals surface area (Å²) in [5, 5.41) is 0. The Morgan fingerprint density at radius 2 is 1.81 bits per heavy atom. The zero-order valence-corrected chi connectivity index (χ0v) is 12.8. The standard InChI is InChI=1S/C13H17NO6S/c1-4-20-12(15)9(2)14-21(17,18)11-7-5-10(6-8-11)13(16)19-3/h5-9,14H,4H2,1-3H3. The van der Waals surface area contributed by atoms with Crippen LogP contribution in [-0.2, 0) is 24.3 Å². The predicted octanol–water partition coefficient (Wildman–Crippen LogP) is 0.703. The van der Waals surface area contributed by atoms with Gasteiger partial charge in [0, 0.05) is 0 Å². The Kier molecular flexibility index (Phi) is 5.86. The molecule has 7 nitrogen and oxygen atoms in total. The average Bonchev–Trinajstić information content (AvgIpc) is 2.46. The first-order valence-electron chi connectivity index (χ1n) is 6.19. The summed E-state index contributed by atoms with van der Waals surface area (Å²) in [6.45, 7) is 3.18. The van der Waals surface area contributed by atoms with Crippen LogP contribution in [0.15, 0.2) is 29.2 Å². The highest BCUT2D eigenvalue weighted by atomic mass is 32.2. The molecule has 0 fully saturated rings. The maximum Gasteiger partial charge on any atom is 0.337 e. The van der Waals surface area contributed by atoms with Gasteiger partial charge in [0.25, 0.3) is 0 Å². The molecule has 0 amide bonds. The lowest BCUT2D eigenvalue weighted by Gasteiger charge is -2.13. The second kappa shape index (κ2) is 7.19. The molecule has 0 saturated carbocycles. The fourth-order valence-corrected chi connectivity index (χ4v) is 2.70. The summed E-state index contributed by atoms with van der Waals surface area (Å²) in [6, 6.07) is 4.17. The molecule has 0 bridgehead atoms. The summed E-state index contributed by atoms with van der Waals surface area (Å²) in [4.78, 5) is 22.6. The molecule has 1 rings (SSSR count). The van der Waals surface area contributed by atoms with Gasteiger partial charge in [-0.1, -0.05) is 0 Å². The third kappa shape index (κ3) is 4.54. The van der Waals surface area contributed by atoms with E-state index in [0.717, 1.165) is 0 Å². The number of hydrogen-bond acceptors (Lipinski definition) is 6. The van der Waals surface area contributed by atoms with Crippen molar-refractivity contribution in [2.24, 2.45) is 0 Å². The molecule has 0 aliphatic heterocycles. The van der Waals surface area contributed by atoms with Gasteiger partial charge in [-0.05, 0) is 38.1 Å². The number of carbonyl (C=O) groups excluding carboxylic acids is 2. The Morgan fingerprint density at radius 1 is 1.24 bits per heavy atom. The number of hydrogen-bond donors (Lipinski definition) is 1. The first-order chi connectivity index (χ1) is 9.81. The number of rotatable bonds is 6. The van der Waals surface area contributed by atoms with Crippen LogP contribution in [0, 0.1) is 0 Å². The van der Waals surface area contributed by atoms with E-state index < -0.39 is 28.0 Å². The maximum atomic E-state index is 12.1. The van der Waals surface area contributed by atoms with Crippen LogP contribution in [0.5, 0.6) is 0 Å². The lowest BCUT2D eigenvalue weighted by molar-refractivity contribution is -0.144. The predicted molar refractivity (Wildman–Crippen MR) is 74.2 cm³/mol. The van der Waals surface area contributed by atoms with Gasteiger partial charge in [-0.15, -0.1) is 0 Å². The van der Waals surface area contributed by atoms with E-state index in [4.69, 9.17) is 4.74 Å². The van der Waals surface area contributed by atoms with Crippen molar-refractivity contribution in [1.82, 2.24) is 4.72 Å². The Balaban J connectivity index is 2.88. The van der Waals surface area contributed by atoms with Gasteiger partial charge in [0.2, 0.25) is 10.0 Å². The summed E-state index contributed by atoms with van der Waals surface area (Å²) < 4.78 is 35.6. The van der Waals surface area contributed by atoms with Crippen LogP contribution < -0.4 is 4.72 Å². The number of esters is 2. The average molecular weight is 315 g/mol. The molecule has 0 aliphatic rings. The molecule has 0 heterocycles. The summed E-state index contributed by atoms with van der Waals surface area (Å²) in [7, 11) is -2.64. The van der Waals surface area contributed by atoms with E-state index in [9.17, 15) is 18.0 Å². The van der Waals surface area contributed by atoms with Crippen molar-refractivity contribution in [2.75, 3.05) is 13.7 Å². The molecule has 1 unspecified atom stereocenters. The molecule has 0 spiro atoms. The monoisotopic (exact) mass is 315 g/mol. The first kappa shape index (κ1) is 17.1. The molecule has 1 atom stereocenters. The van der Waals surface area contributed by atoms with E-state index >= 15 is 0 Å². The van der Waals surface area contributed by atoms with E-state index in [0.29, 0.717) is 0 Å². The van der Waals surface area contributed by atoms with Crippen LogP contribution in [0.4, 0.5) is 0 Å². The third-order valence-electron chi connectivity index (χ3n) is 2.56. The maximum absolute atomic E-state index is 12.1. The highest BCUT2D eigenvalue weighted by Gasteiger charge is 2.23. The van der Waals surface area contributed by atoms with Gasteiger partial charge in [-0.2, -0.15) is 4.72 Å². The molecule has 1 aromatic carbocycles. The smallest absolute Gasteiger partial charge is 0.337 e. The van der Waals surface area contributed by atoms with Gasteiger partial charge < -0.3 is 9.47 Å². The van der Waals surface area contributed by atoms with E-state index in [1.165, 1.54) is 38.3 Å². The minimum Gasteiger partial charge on any atom is -0.465 e. The summed E-state index contributed by atoms with van der Waals surface area (Å²) in [5.41, 5.74) is 0.231. The van der Waals surface area contributed by atoms with Crippen molar-refractivity contribution in [3.05, 3.63) is 29.8 Å². The summed E-state index contributed by atoms with van der Waals surface area (Å²) in [6.07, 6.45) is 0. The second-order valence-corrected chi connectivity index (χ2v) is 5.82. The third-order valence-corrected chi connectivity index (χ3v) is 4.11. The Hall–Kier alpha value is -1.93. The molecule has 116 valence electrons. The van der Waals surface area contributed by atoms with Crippen molar-refractivity contribution in [3.8, 4) is 0 Å². The zero-order chi connectivity index (χ0) is 16.0. The topological polar surface area (TPSA) is 98.8 Å². The van der Waals surface area contributed by atoms with Crippen LogP contribution in [0.25, 0.3) is 0 Å².